The molecule has 13 heteroatoms. The number of ether oxygens (including phenoxy) is 1. The van der Waals surface area contributed by atoms with Gasteiger partial charge in [0.1, 0.15) is 5.15 Å². The van der Waals surface area contributed by atoms with Gasteiger partial charge in [0.05, 0.1) is 11.8 Å². The third-order valence-electron chi connectivity index (χ3n) is 6.45. The van der Waals surface area contributed by atoms with Crippen LogP contribution in [0, 0.1) is 0 Å². The Bertz CT molecular complexity index is 1250. The van der Waals surface area contributed by atoms with Crippen molar-refractivity contribution in [3.05, 3.63) is 41.1 Å². The van der Waals surface area contributed by atoms with Gasteiger partial charge in [-0.05, 0) is 18.9 Å². The maximum atomic E-state index is 13.9. The molecule has 2 fully saturated rings. The first-order valence-corrected chi connectivity index (χ1v) is 11.6. The minimum atomic E-state index is -4.73. The summed E-state index contributed by atoms with van der Waals surface area (Å²) < 4.78 is 48.1. The van der Waals surface area contributed by atoms with Crippen molar-refractivity contribution in [2.24, 2.45) is 0 Å². The van der Waals surface area contributed by atoms with Crippen LogP contribution in [0.3, 0.4) is 0 Å². The monoisotopic (exact) mass is 510 g/mol. The van der Waals surface area contributed by atoms with Crippen molar-refractivity contribution < 1.29 is 27.5 Å². The lowest BCUT2D eigenvalue weighted by Crippen LogP contribution is -2.44. The number of aromatic nitrogens is 4. The van der Waals surface area contributed by atoms with Crippen LogP contribution in [0.5, 0.6) is 0 Å². The maximum Gasteiger partial charge on any atom is 0.420 e. The Morgan fingerprint density at radius 1 is 1.17 bits per heavy atom. The van der Waals surface area contributed by atoms with Gasteiger partial charge in [-0.2, -0.15) is 18.3 Å². The van der Waals surface area contributed by atoms with Gasteiger partial charge in [-0.15, -0.1) is 0 Å². The topological polar surface area (TPSA) is 95.8 Å². The first-order valence-electron chi connectivity index (χ1n) is 11.2. The van der Waals surface area contributed by atoms with Crippen LogP contribution >= 0.6 is 11.6 Å². The highest BCUT2D eigenvalue weighted by atomic mass is 35.5. The van der Waals surface area contributed by atoms with Gasteiger partial charge in [0.15, 0.2) is 11.3 Å². The molecule has 0 unspecified atom stereocenters. The molecule has 0 aromatic carbocycles. The number of fused-ring (bicyclic) bond motifs is 1. The molecule has 3 aromatic heterocycles. The number of halogens is 4. The van der Waals surface area contributed by atoms with Crippen molar-refractivity contribution in [3.63, 3.8) is 0 Å². The fraction of sp³-hybridized carbons (Fsp3) is 0.455. The van der Waals surface area contributed by atoms with E-state index >= 15 is 0 Å². The van der Waals surface area contributed by atoms with Crippen LogP contribution in [0.2, 0.25) is 5.15 Å². The highest BCUT2D eigenvalue weighted by molar-refractivity contribution is 6.33. The van der Waals surface area contributed by atoms with Gasteiger partial charge < -0.3 is 14.5 Å². The predicted molar refractivity (Wildman–Crippen MR) is 119 cm³/mol. The zero-order chi connectivity index (χ0) is 24.7. The average Bonchev–Trinajstić information content (AvgIpc) is 3.44. The van der Waals surface area contributed by atoms with Crippen LogP contribution in [0.4, 0.5) is 13.2 Å². The lowest BCUT2D eigenvalue weighted by atomic mass is 10.1. The molecule has 2 saturated heterocycles. The van der Waals surface area contributed by atoms with E-state index in [1.54, 1.807) is 4.90 Å². The van der Waals surface area contributed by atoms with Gasteiger partial charge >= 0.3 is 6.18 Å². The fourth-order valence-corrected chi connectivity index (χ4v) is 4.86. The Labute approximate surface area is 202 Å². The molecule has 5 rings (SSSR count). The Balaban J connectivity index is 1.47. The number of amides is 2. The second kappa shape index (κ2) is 9.15. The second-order valence-electron chi connectivity index (χ2n) is 8.54. The minimum absolute atomic E-state index is 0.0563. The standard InChI is InChI=1S/C22H22ClF3N6O3/c23-19-18(21(34)30-4-1-17(33)31(6-5-30)15-2-7-35-8-3-15)29-20-16(22(24,25)26)9-13(12-32(19)20)14-10-27-28-11-14/h9-12,15H,1-8H2,(H,27,28). The number of hydrogen-bond donors (Lipinski definition) is 1. The van der Waals surface area contributed by atoms with Gasteiger partial charge in [0, 0.05) is 68.8 Å². The number of hydrogen-bond acceptors (Lipinski definition) is 5. The molecule has 3 aromatic rings. The van der Waals surface area contributed by atoms with Crippen LogP contribution in [-0.4, -0.2) is 80.1 Å². The lowest BCUT2D eigenvalue weighted by molar-refractivity contribution is -0.136. The predicted octanol–water partition coefficient (Wildman–Crippen LogP) is 3.25. The van der Waals surface area contributed by atoms with Crippen molar-refractivity contribution in [2.45, 2.75) is 31.5 Å². The summed E-state index contributed by atoms with van der Waals surface area (Å²) in [5, 5.41) is 6.12. The molecule has 2 aliphatic rings. The van der Waals surface area contributed by atoms with Crippen molar-refractivity contribution in [1.82, 2.24) is 29.4 Å². The number of pyridine rings is 1. The van der Waals surface area contributed by atoms with Crippen molar-refractivity contribution in [3.8, 4) is 11.1 Å². The van der Waals surface area contributed by atoms with Crippen molar-refractivity contribution in [1.29, 1.82) is 0 Å². The number of carbonyl (C=O) groups is 2. The van der Waals surface area contributed by atoms with Gasteiger partial charge in [-0.3, -0.25) is 19.1 Å². The molecular weight excluding hydrogens is 489 g/mol. The number of aromatic amines is 1. The molecule has 0 saturated carbocycles. The summed E-state index contributed by atoms with van der Waals surface area (Å²) in [5.74, 6) is -0.671. The number of alkyl halides is 3. The summed E-state index contributed by atoms with van der Waals surface area (Å²) >= 11 is 6.42. The van der Waals surface area contributed by atoms with Crippen LogP contribution in [0.25, 0.3) is 16.8 Å². The smallest absolute Gasteiger partial charge is 0.381 e. The number of nitrogens with zero attached hydrogens (tertiary/aromatic N) is 5. The van der Waals surface area contributed by atoms with Crippen molar-refractivity contribution in [2.75, 3.05) is 32.8 Å². The zero-order valence-corrected chi connectivity index (χ0v) is 19.3. The molecule has 2 aliphatic heterocycles. The van der Waals surface area contributed by atoms with Gasteiger partial charge in [0.2, 0.25) is 5.91 Å². The average molecular weight is 511 g/mol. The molecule has 9 nitrogen and oxygen atoms in total. The van der Waals surface area contributed by atoms with E-state index in [1.165, 1.54) is 23.5 Å². The van der Waals surface area contributed by atoms with E-state index < -0.39 is 23.3 Å². The Morgan fingerprint density at radius 3 is 2.63 bits per heavy atom. The first kappa shape index (κ1) is 23.6. The van der Waals surface area contributed by atoms with Gasteiger partial charge in [-0.25, -0.2) is 4.98 Å². The summed E-state index contributed by atoms with van der Waals surface area (Å²) in [6.07, 6.45) is 1.09. The van der Waals surface area contributed by atoms with E-state index in [0.717, 1.165) is 23.3 Å². The quantitative estimate of drug-likeness (QED) is 0.583. The summed E-state index contributed by atoms with van der Waals surface area (Å²) in [6.45, 7) is 1.86. The Morgan fingerprint density at radius 2 is 1.94 bits per heavy atom. The number of nitrogens with one attached hydrogen (secondary N) is 1. The highest BCUT2D eigenvalue weighted by Crippen LogP contribution is 2.37. The molecular formula is C22H22ClF3N6O3. The molecule has 0 atom stereocenters. The molecule has 2 amide bonds. The van der Waals surface area contributed by atoms with Crippen LogP contribution < -0.4 is 0 Å². The lowest BCUT2D eigenvalue weighted by Gasteiger charge is -2.33. The SMILES string of the molecule is O=C(c1nc2c(C(F)(F)F)cc(-c3cn[nH]c3)cn2c1Cl)N1CCC(=O)N(C2CCOCC2)CC1. The molecule has 186 valence electrons. The number of carbonyl (C=O) groups excluding carboxylic acids is 2. The molecule has 0 bridgehead atoms. The molecule has 1 N–H and O–H groups in total. The van der Waals surface area contributed by atoms with Crippen LogP contribution in [-0.2, 0) is 15.7 Å². The number of H-pyrrole nitrogens is 1. The molecule has 5 heterocycles. The summed E-state index contributed by atoms with van der Waals surface area (Å²) in [4.78, 5) is 33.2. The number of rotatable bonds is 3. The van der Waals surface area contributed by atoms with Crippen LogP contribution in [0.15, 0.2) is 24.7 Å². The number of imidazole rings is 1. The fourth-order valence-electron chi connectivity index (χ4n) is 4.60. The molecule has 0 spiro atoms. The summed E-state index contributed by atoms with van der Waals surface area (Å²) in [6, 6.07) is 1.01. The third-order valence-corrected chi connectivity index (χ3v) is 6.81. The van der Waals surface area contributed by atoms with E-state index in [1.807, 2.05) is 0 Å². The van der Waals surface area contributed by atoms with E-state index in [2.05, 4.69) is 15.2 Å². The maximum absolute atomic E-state index is 13.9. The van der Waals surface area contributed by atoms with Gasteiger partial charge in [-0.1, -0.05) is 11.6 Å². The highest BCUT2D eigenvalue weighted by Gasteiger charge is 2.37. The minimum Gasteiger partial charge on any atom is -0.381 e. The van der Waals surface area contributed by atoms with Crippen molar-refractivity contribution >= 4 is 29.1 Å². The van der Waals surface area contributed by atoms with E-state index in [4.69, 9.17) is 16.3 Å². The summed E-state index contributed by atoms with van der Waals surface area (Å²) in [5.41, 5.74) is -1.13. The zero-order valence-electron chi connectivity index (χ0n) is 18.5. The van der Waals surface area contributed by atoms with E-state index in [0.29, 0.717) is 25.3 Å². The normalized spacial score (nSPS) is 18.3. The largest absolute Gasteiger partial charge is 0.420 e. The second-order valence-corrected chi connectivity index (χ2v) is 8.90. The van der Waals surface area contributed by atoms with E-state index in [-0.39, 0.29) is 47.9 Å². The van der Waals surface area contributed by atoms with E-state index in [9.17, 15) is 22.8 Å². The Hall–Kier alpha value is -3.12. The van der Waals surface area contributed by atoms with Gasteiger partial charge in [0.25, 0.3) is 5.91 Å². The first-order chi connectivity index (χ1) is 16.7. The summed E-state index contributed by atoms with van der Waals surface area (Å²) in [7, 11) is 0. The molecule has 0 aliphatic carbocycles. The third kappa shape index (κ3) is 4.47. The Kier molecular flexibility index (Phi) is 6.18. The molecule has 35 heavy (non-hydrogen) atoms. The van der Waals surface area contributed by atoms with Crippen LogP contribution in [0.1, 0.15) is 35.3 Å². The molecule has 0 radical (unpaired) electrons.